The van der Waals surface area contributed by atoms with E-state index >= 15 is 0 Å². The van der Waals surface area contributed by atoms with Crippen LogP contribution < -0.4 is 5.32 Å². The number of nitrogens with zero attached hydrogens (tertiary/aromatic N) is 3. The van der Waals surface area contributed by atoms with Crippen molar-refractivity contribution in [3.8, 4) is 5.69 Å². The Morgan fingerprint density at radius 3 is 2.11 bits per heavy atom. The van der Waals surface area contributed by atoms with Crippen molar-refractivity contribution in [2.24, 2.45) is 0 Å². The van der Waals surface area contributed by atoms with Gasteiger partial charge in [-0.15, -0.1) is 0 Å². The van der Waals surface area contributed by atoms with Crippen molar-refractivity contribution in [1.82, 2.24) is 14.7 Å². The van der Waals surface area contributed by atoms with E-state index in [4.69, 9.17) is 5.10 Å². The lowest BCUT2D eigenvalue weighted by atomic mass is 9.86. The number of unbranched alkanes of at least 4 members (excludes halogenated alkanes) is 1. The summed E-state index contributed by atoms with van der Waals surface area (Å²) in [5.41, 5.74) is 3.33. The summed E-state index contributed by atoms with van der Waals surface area (Å²) in [5.74, 6) is 0.211. The molecule has 0 spiro atoms. The van der Waals surface area contributed by atoms with Crippen LogP contribution in [0.3, 0.4) is 0 Å². The van der Waals surface area contributed by atoms with Crippen LogP contribution in [0.5, 0.6) is 0 Å². The highest BCUT2D eigenvalue weighted by Crippen LogP contribution is 2.26. The zero-order valence-corrected chi connectivity index (χ0v) is 22.8. The Kier molecular flexibility index (Phi) is 8.39. The number of hydrogen-bond donors (Lipinski definition) is 1. The largest absolute Gasteiger partial charge is 0.329 e. The van der Waals surface area contributed by atoms with E-state index < -0.39 is 0 Å². The fourth-order valence-corrected chi connectivity index (χ4v) is 3.86. The molecule has 1 aromatic heterocycles. The zero-order chi connectivity index (χ0) is 26.5. The zero-order valence-electron chi connectivity index (χ0n) is 22.8. The first-order valence-corrected chi connectivity index (χ1v) is 12.8. The molecule has 0 unspecified atom stereocenters. The van der Waals surface area contributed by atoms with Crippen LogP contribution >= 0.6 is 0 Å². The SMILES string of the molecule is CCCCN(CC(=O)Nc1cc(C(C)(C)C)nn1-c1ccccc1)C(=O)c1ccc(C(C)(C)C)cc1. The van der Waals surface area contributed by atoms with Gasteiger partial charge in [-0.25, -0.2) is 4.68 Å². The fourth-order valence-electron chi connectivity index (χ4n) is 3.86. The molecule has 0 saturated heterocycles. The maximum atomic E-state index is 13.4. The quantitative estimate of drug-likeness (QED) is 0.402. The summed E-state index contributed by atoms with van der Waals surface area (Å²) < 4.78 is 1.75. The highest BCUT2D eigenvalue weighted by Gasteiger charge is 2.24. The molecule has 6 nitrogen and oxygen atoms in total. The van der Waals surface area contributed by atoms with Crippen molar-refractivity contribution in [3.63, 3.8) is 0 Å². The number of anilines is 1. The van der Waals surface area contributed by atoms with E-state index in [0.29, 0.717) is 17.9 Å². The lowest BCUT2D eigenvalue weighted by molar-refractivity contribution is -0.117. The molecule has 0 saturated carbocycles. The van der Waals surface area contributed by atoms with Gasteiger partial charge in [-0.3, -0.25) is 9.59 Å². The molecule has 0 bridgehead atoms. The topological polar surface area (TPSA) is 67.2 Å². The predicted octanol–water partition coefficient (Wildman–Crippen LogP) is 6.35. The van der Waals surface area contributed by atoms with Crippen LogP contribution in [0, 0.1) is 0 Å². The Balaban J connectivity index is 1.82. The molecule has 1 heterocycles. The number of amides is 2. The second kappa shape index (κ2) is 11.1. The first-order chi connectivity index (χ1) is 16.9. The summed E-state index contributed by atoms with van der Waals surface area (Å²) in [6, 6.07) is 19.4. The molecule has 2 amide bonds. The third-order valence-corrected chi connectivity index (χ3v) is 6.15. The third kappa shape index (κ3) is 6.84. The normalized spacial score (nSPS) is 11.9. The van der Waals surface area contributed by atoms with E-state index in [1.165, 1.54) is 5.56 Å². The Bertz CT molecular complexity index is 1170. The summed E-state index contributed by atoms with van der Waals surface area (Å²) in [7, 11) is 0. The van der Waals surface area contributed by atoms with Crippen LogP contribution in [-0.2, 0) is 15.6 Å². The average molecular weight is 489 g/mol. The molecule has 0 radical (unpaired) electrons. The standard InChI is InChI=1S/C30H40N4O2/c1-8-9-19-33(28(36)22-15-17-23(18-16-22)29(2,3)4)21-27(35)31-26-20-25(30(5,6)7)32-34(26)24-13-11-10-12-14-24/h10-18,20H,8-9,19,21H2,1-7H3,(H,31,35). The maximum Gasteiger partial charge on any atom is 0.254 e. The summed E-state index contributed by atoms with van der Waals surface area (Å²) in [4.78, 5) is 28.2. The lowest BCUT2D eigenvalue weighted by Gasteiger charge is -2.23. The molecule has 3 aromatic rings. The van der Waals surface area contributed by atoms with Gasteiger partial charge in [-0.2, -0.15) is 5.10 Å². The molecule has 6 heteroatoms. The van der Waals surface area contributed by atoms with Gasteiger partial charge in [0, 0.05) is 23.6 Å². The van der Waals surface area contributed by atoms with E-state index in [-0.39, 0.29) is 29.2 Å². The van der Waals surface area contributed by atoms with Crippen molar-refractivity contribution in [3.05, 3.63) is 77.5 Å². The summed E-state index contributed by atoms with van der Waals surface area (Å²) >= 11 is 0. The van der Waals surface area contributed by atoms with Gasteiger partial charge < -0.3 is 10.2 Å². The summed E-state index contributed by atoms with van der Waals surface area (Å²) in [5, 5.41) is 7.78. The monoisotopic (exact) mass is 488 g/mol. The molecular weight excluding hydrogens is 448 g/mol. The predicted molar refractivity (Wildman–Crippen MR) is 147 cm³/mol. The summed E-state index contributed by atoms with van der Waals surface area (Å²) in [6.07, 6.45) is 1.76. The Morgan fingerprint density at radius 1 is 0.917 bits per heavy atom. The first-order valence-electron chi connectivity index (χ1n) is 12.8. The number of para-hydroxylation sites is 1. The molecule has 0 aliphatic heterocycles. The van der Waals surface area contributed by atoms with Gasteiger partial charge in [0.1, 0.15) is 12.4 Å². The van der Waals surface area contributed by atoms with Crippen LogP contribution in [0.25, 0.3) is 5.69 Å². The van der Waals surface area contributed by atoms with Crippen molar-refractivity contribution >= 4 is 17.6 Å². The van der Waals surface area contributed by atoms with Gasteiger partial charge in [0.15, 0.2) is 0 Å². The van der Waals surface area contributed by atoms with Gasteiger partial charge in [0.05, 0.1) is 11.4 Å². The van der Waals surface area contributed by atoms with Crippen LogP contribution in [0.15, 0.2) is 60.7 Å². The number of carbonyl (C=O) groups excluding carboxylic acids is 2. The van der Waals surface area contributed by atoms with Gasteiger partial charge in [-0.1, -0.05) is 85.2 Å². The van der Waals surface area contributed by atoms with Crippen molar-refractivity contribution < 1.29 is 9.59 Å². The van der Waals surface area contributed by atoms with Crippen LogP contribution in [-0.4, -0.2) is 39.6 Å². The number of hydrogen-bond acceptors (Lipinski definition) is 3. The third-order valence-electron chi connectivity index (χ3n) is 6.15. The molecule has 1 N–H and O–H groups in total. The Labute approximate surface area is 215 Å². The molecule has 0 fully saturated rings. The molecule has 192 valence electrons. The van der Waals surface area contributed by atoms with E-state index in [1.54, 1.807) is 9.58 Å². The second-order valence-electron chi connectivity index (χ2n) is 11.4. The molecule has 0 aliphatic carbocycles. The Morgan fingerprint density at radius 2 is 1.56 bits per heavy atom. The van der Waals surface area contributed by atoms with E-state index in [2.05, 4.69) is 53.8 Å². The van der Waals surface area contributed by atoms with Crippen molar-refractivity contribution in [2.75, 3.05) is 18.4 Å². The lowest BCUT2D eigenvalue weighted by Crippen LogP contribution is -2.39. The molecule has 36 heavy (non-hydrogen) atoms. The number of rotatable bonds is 8. The number of aromatic nitrogens is 2. The molecule has 3 rings (SSSR count). The molecule has 0 atom stereocenters. The van der Waals surface area contributed by atoms with E-state index in [0.717, 1.165) is 24.2 Å². The fraction of sp³-hybridized carbons (Fsp3) is 0.433. The van der Waals surface area contributed by atoms with Gasteiger partial charge in [0.25, 0.3) is 5.91 Å². The minimum atomic E-state index is -0.247. The van der Waals surface area contributed by atoms with E-state index in [9.17, 15) is 9.59 Å². The highest BCUT2D eigenvalue weighted by molar-refractivity contribution is 5.99. The van der Waals surface area contributed by atoms with Crippen LogP contribution in [0.2, 0.25) is 0 Å². The highest BCUT2D eigenvalue weighted by atomic mass is 16.2. The van der Waals surface area contributed by atoms with Gasteiger partial charge in [0.2, 0.25) is 5.91 Å². The van der Waals surface area contributed by atoms with Crippen LogP contribution in [0.1, 0.15) is 82.9 Å². The van der Waals surface area contributed by atoms with Gasteiger partial charge in [-0.05, 0) is 41.7 Å². The Hall–Kier alpha value is -3.41. The number of carbonyl (C=O) groups is 2. The number of benzene rings is 2. The second-order valence-corrected chi connectivity index (χ2v) is 11.4. The molecule has 2 aromatic carbocycles. The average Bonchev–Trinajstić information content (AvgIpc) is 3.25. The van der Waals surface area contributed by atoms with Crippen molar-refractivity contribution in [2.45, 2.75) is 72.1 Å². The minimum Gasteiger partial charge on any atom is -0.329 e. The maximum absolute atomic E-state index is 13.4. The van der Waals surface area contributed by atoms with Crippen molar-refractivity contribution in [1.29, 1.82) is 0 Å². The summed E-state index contributed by atoms with van der Waals surface area (Å²) in [6.45, 7) is 15.3. The van der Waals surface area contributed by atoms with Gasteiger partial charge >= 0.3 is 0 Å². The van der Waals surface area contributed by atoms with E-state index in [1.807, 2.05) is 60.7 Å². The molecular formula is C30H40N4O2. The smallest absolute Gasteiger partial charge is 0.254 e. The number of nitrogens with one attached hydrogen (secondary N) is 1. The first kappa shape index (κ1) is 27.2. The van der Waals surface area contributed by atoms with Crippen LogP contribution in [0.4, 0.5) is 5.82 Å². The minimum absolute atomic E-state index is 0.0109. The molecule has 0 aliphatic rings.